The van der Waals surface area contributed by atoms with Crippen LogP contribution in [0.5, 0.6) is 0 Å². The molecule has 138 valence electrons. The lowest BCUT2D eigenvalue weighted by Gasteiger charge is -2.33. The van der Waals surface area contributed by atoms with Crippen molar-refractivity contribution in [2.75, 3.05) is 39.5 Å². The number of benzene rings is 1. The van der Waals surface area contributed by atoms with Gasteiger partial charge in [-0.1, -0.05) is 24.3 Å². The number of thioether (sulfide) groups is 1. The fraction of sp³-hybridized carbons (Fsp3) is 0.579. The average molecular weight is 364 g/mol. The van der Waals surface area contributed by atoms with Crippen molar-refractivity contribution in [2.24, 2.45) is 5.92 Å². The fourth-order valence-corrected chi connectivity index (χ4v) is 3.93. The van der Waals surface area contributed by atoms with E-state index in [1.165, 1.54) is 11.1 Å². The molecule has 0 saturated carbocycles. The third-order valence-corrected chi connectivity index (χ3v) is 5.52. The van der Waals surface area contributed by atoms with Crippen LogP contribution in [0.15, 0.2) is 24.3 Å². The van der Waals surface area contributed by atoms with Gasteiger partial charge in [-0.05, 0) is 30.9 Å². The highest BCUT2D eigenvalue weighted by molar-refractivity contribution is 7.98. The minimum absolute atomic E-state index is 0.00807. The van der Waals surface area contributed by atoms with E-state index in [4.69, 9.17) is 0 Å². The number of aryl methyl sites for hydroxylation is 1. The quantitative estimate of drug-likeness (QED) is 0.791. The molecule has 0 aliphatic carbocycles. The number of likely N-dealkylation sites (tertiary alicyclic amines) is 1. The Labute approximate surface area is 155 Å². The highest BCUT2D eigenvalue weighted by Crippen LogP contribution is 2.18. The van der Waals surface area contributed by atoms with Gasteiger partial charge in [0.15, 0.2) is 0 Å². The average Bonchev–Trinajstić information content (AvgIpc) is 2.62. The van der Waals surface area contributed by atoms with E-state index in [-0.39, 0.29) is 17.9 Å². The SMILES string of the molecule is Cc1ccccc1CSCCNC(=O)C1CCCN(C(=O)N(C)C)C1. The van der Waals surface area contributed by atoms with Gasteiger partial charge in [-0.25, -0.2) is 4.79 Å². The first-order valence-electron chi connectivity index (χ1n) is 8.85. The van der Waals surface area contributed by atoms with Crippen molar-refractivity contribution >= 4 is 23.7 Å². The zero-order valence-electron chi connectivity index (χ0n) is 15.5. The topological polar surface area (TPSA) is 52.7 Å². The summed E-state index contributed by atoms with van der Waals surface area (Å²) in [6, 6.07) is 8.39. The van der Waals surface area contributed by atoms with Crippen LogP contribution in [0, 0.1) is 12.8 Å². The van der Waals surface area contributed by atoms with Crippen LogP contribution in [0.2, 0.25) is 0 Å². The molecule has 1 atom stereocenters. The summed E-state index contributed by atoms with van der Waals surface area (Å²) in [5.74, 6) is 1.86. The lowest BCUT2D eigenvalue weighted by atomic mass is 9.97. The van der Waals surface area contributed by atoms with Gasteiger partial charge in [0.25, 0.3) is 0 Å². The molecule has 0 spiro atoms. The summed E-state index contributed by atoms with van der Waals surface area (Å²) in [4.78, 5) is 27.7. The Kier molecular flexibility index (Phi) is 7.62. The van der Waals surface area contributed by atoms with Gasteiger partial charge in [-0.3, -0.25) is 4.79 Å². The molecule has 1 saturated heterocycles. The van der Waals surface area contributed by atoms with E-state index in [2.05, 4.69) is 36.5 Å². The van der Waals surface area contributed by atoms with Gasteiger partial charge >= 0.3 is 6.03 Å². The van der Waals surface area contributed by atoms with Crippen LogP contribution in [0.3, 0.4) is 0 Å². The summed E-state index contributed by atoms with van der Waals surface area (Å²) < 4.78 is 0. The molecule has 1 heterocycles. The Hall–Kier alpha value is -1.69. The van der Waals surface area contributed by atoms with Gasteiger partial charge in [0.2, 0.25) is 5.91 Å². The molecule has 6 heteroatoms. The maximum Gasteiger partial charge on any atom is 0.319 e. The first-order chi connectivity index (χ1) is 12.0. The van der Waals surface area contributed by atoms with Gasteiger partial charge in [0.1, 0.15) is 0 Å². The number of amides is 3. The monoisotopic (exact) mass is 363 g/mol. The maximum absolute atomic E-state index is 12.4. The standard InChI is InChI=1S/C19H29N3O2S/c1-15-7-4-5-8-17(15)14-25-12-10-20-18(23)16-9-6-11-22(13-16)19(24)21(2)3/h4-5,7-8,16H,6,9-14H2,1-3H3,(H,20,23). The van der Waals surface area contributed by atoms with E-state index < -0.39 is 0 Å². The largest absolute Gasteiger partial charge is 0.355 e. The number of piperidine rings is 1. The van der Waals surface area contributed by atoms with Gasteiger partial charge in [0.05, 0.1) is 5.92 Å². The van der Waals surface area contributed by atoms with E-state index in [1.54, 1.807) is 23.9 Å². The first-order valence-corrected chi connectivity index (χ1v) is 10.0. The number of hydrogen-bond donors (Lipinski definition) is 1. The molecule has 0 radical (unpaired) electrons. The summed E-state index contributed by atoms with van der Waals surface area (Å²) in [5.41, 5.74) is 2.66. The maximum atomic E-state index is 12.4. The normalized spacial score (nSPS) is 17.2. The lowest BCUT2D eigenvalue weighted by molar-refractivity contribution is -0.126. The number of hydrogen-bond acceptors (Lipinski definition) is 3. The molecule has 1 fully saturated rings. The molecule has 1 aromatic carbocycles. The second-order valence-electron chi connectivity index (χ2n) is 6.73. The van der Waals surface area contributed by atoms with Crippen LogP contribution in [0.1, 0.15) is 24.0 Å². The number of urea groups is 1. The van der Waals surface area contributed by atoms with E-state index in [0.717, 1.165) is 30.9 Å². The number of carbonyl (C=O) groups is 2. The molecule has 1 aromatic rings. The highest BCUT2D eigenvalue weighted by Gasteiger charge is 2.28. The minimum Gasteiger partial charge on any atom is -0.355 e. The molecule has 3 amide bonds. The Bertz CT molecular complexity index is 592. The van der Waals surface area contributed by atoms with Crippen molar-refractivity contribution in [3.8, 4) is 0 Å². The van der Waals surface area contributed by atoms with Crippen molar-refractivity contribution in [3.63, 3.8) is 0 Å². The predicted molar refractivity (Wildman–Crippen MR) is 104 cm³/mol. The summed E-state index contributed by atoms with van der Waals surface area (Å²) in [6.07, 6.45) is 1.75. The zero-order valence-corrected chi connectivity index (χ0v) is 16.3. The second kappa shape index (κ2) is 9.70. The van der Waals surface area contributed by atoms with Crippen LogP contribution >= 0.6 is 11.8 Å². The molecular weight excluding hydrogens is 334 g/mol. The molecule has 0 bridgehead atoms. The lowest BCUT2D eigenvalue weighted by Crippen LogP contribution is -2.48. The van der Waals surface area contributed by atoms with Crippen molar-refractivity contribution in [2.45, 2.75) is 25.5 Å². The van der Waals surface area contributed by atoms with Crippen LogP contribution in [0.25, 0.3) is 0 Å². The van der Waals surface area contributed by atoms with Crippen molar-refractivity contribution in [3.05, 3.63) is 35.4 Å². The summed E-state index contributed by atoms with van der Waals surface area (Å²) in [5, 5.41) is 3.03. The molecule has 1 N–H and O–H groups in total. The minimum atomic E-state index is -0.0842. The third kappa shape index (κ3) is 5.96. The Balaban J connectivity index is 1.68. The zero-order chi connectivity index (χ0) is 18.2. The Morgan fingerprint density at radius 1 is 1.32 bits per heavy atom. The first kappa shape index (κ1) is 19.6. The molecule has 25 heavy (non-hydrogen) atoms. The molecule has 0 aromatic heterocycles. The van der Waals surface area contributed by atoms with Gasteiger partial charge in [0, 0.05) is 45.2 Å². The van der Waals surface area contributed by atoms with E-state index in [0.29, 0.717) is 13.1 Å². The molecule has 1 aliphatic rings. The molecular formula is C19H29N3O2S. The van der Waals surface area contributed by atoms with Gasteiger partial charge in [-0.2, -0.15) is 11.8 Å². The predicted octanol–water partition coefficient (Wildman–Crippen LogP) is 2.74. The van der Waals surface area contributed by atoms with Crippen molar-refractivity contribution in [1.29, 1.82) is 0 Å². The molecule has 5 nitrogen and oxygen atoms in total. The number of nitrogens with zero attached hydrogens (tertiary/aromatic N) is 2. The number of nitrogens with one attached hydrogen (secondary N) is 1. The van der Waals surface area contributed by atoms with Crippen LogP contribution in [0.4, 0.5) is 4.79 Å². The Morgan fingerprint density at radius 2 is 2.08 bits per heavy atom. The number of carbonyl (C=O) groups excluding carboxylic acids is 2. The van der Waals surface area contributed by atoms with E-state index in [9.17, 15) is 9.59 Å². The van der Waals surface area contributed by atoms with Crippen LogP contribution in [-0.4, -0.2) is 61.2 Å². The highest BCUT2D eigenvalue weighted by atomic mass is 32.2. The number of rotatable bonds is 6. The van der Waals surface area contributed by atoms with E-state index in [1.807, 2.05) is 11.8 Å². The van der Waals surface area contributed by atoms with Crippen molar-refractivity contribution < 1.29 is 9.59 Å². The molecule has 1 aliphatic heterocycles. The van der Waals surface area contributed by atoms with Gasteiger partial charge in [-0.15, -0.1) is 0 Å². The smallest absolute Gasteiger partial charge is 0.319 e. The van der Waals surface area contributed by atoms with Gasteiger partial charge < -0.3 is 15.1 Å². The summed E-state index contributed by atoms with van der Waals surface area (Å²) >= 11 is 1.83. The van der Waals surface area contributed by atoms with E-state index >= 15 is 0 Å². The van der Waals surface area contributed by atoms with Crippen molar-refractivity contribution in [1.82, 2.24) is 15.1 Å². The molecule has 1 unspecified atom stereocenters. The van der Waals surface area contributed by atoms with Crippen LogP contribution < -0.4 is 5.32 Å². The van der Waals surface area contributed by atoms with Crippen LogP contribution in [-0.2, 0) is 10.5 Å². The molecule has 2 rings (SSSR count). The summed E-state index contributed by atoms with van der Waals surface area (Å²) in [7, 11) is 3.50. The summed E-state index contributed by atoms with van der Waals surface area (Å²) in [6.45, 7) is 4.07. The fourth-order valence-electron chi connectivity index (χ4n) is 2.99. The second-order valence-corrected chi connectivity index (χ2v) is 7.84. The third-order valence-electron chi connectivity index (χ3n) is 4.51. The Morgan fingerprint density at radius 3 is 2.80 bits per heavy atom.